The van der Waals surface area contributed by atoms with Crippen LogP contribution in [0.5, 0.6) is 0 Å². The van der Waals surface area contributed by atoms with Crippen molar-refractivity contribution in [2.45, 2.75) is 26.0 Å². The first-order valence-electron chi connectivity index (χ1n) is 10.0. The molecule has 0 fully saturated rings. The van der Waals surface area contributed by atoms with Crippen molar-refractivity contribution in [1.82, 2.24) is 4.90 Å². The van der Waals surface area contributed by atoms with Crippen LogP contribution in [-0.4, -0.2) is 41.0 Å². The first kappa shape index (κ1) is 21.2. The van der Waals surface area contributed by atoms with E-state index in [1.54, 1.807) is 24.3 Å². The van der Waals surface area contributed by atoms with Crippen LogP contribution in [0.1, 0.15) is 36.0 Å². The number of fused-ring (bicyclic) bond motifs is 1. The third-order valence-corrected chi connectivity index (χ3v) is 5.38. The highest BCUT2D eigenvalue weighted by molar-refractivity contribution is 6.31. The lowest BCUT2D eigenvalue weighted by Gasteiger charge is -2.27. The molecule has 0 saturated heterocycles. The largest absolute Gasteiger partial charge is 0.503 e. The van der Waals surface area contributed by atoms with Gasteiger partial charge >= 0.3 is 0 Å². The van der Waals surface area contributed by atoms with Crippen molar-refractivity contribution in [2.24, 2.45) is 0 Å². The molecule has 7 heteroatoms. The normalized spacial score (nSPS) is 16.7. The van der Waals surface area contributed by atoms with Crippen LogP contribution >= 0.6 is 11.6 Å². The van der Waals surface area contributed by atoms with Crippen LogP contribution in [0.15, 0.2) is 70.3 Å². The van der Waals surface area contributed by atoms with Crippen molar-refractivity contribution in [3.05, 3.63) is 82.3 Å². The van der Waals surface area contributed by atoms with Gasteiger partial charge in [0.1, 0.15) is 5.58 Å². The number of amides is 1. The quantitative estimate of drug-likeness (QED) is 0.518. The molecule has 3 aromatic rings. The SMILES string of the molecule is CC(C)OCCN1C(=O)C(O)=C(C(=O)c2cc3cc(Cl)ccc3o2)C1c1ccccc1. The number of aliphatic hydroxyl groups is 1. The number of ether oxygens (including phenoxy) is 1. The molecule has 1 aliphatic rings. The molecule has 0 bridgehead atoms. The average molecular weight is 440 g/mol. The summed E-state index contributed by atoms with van der Waals surface area (Å²) in [5.74, 6) is -1.68. The third-order valence-electron chi connectivity index (χ3n) is 5.15. The Bertz CT molecular complexity index is 1170. The number of hydrogen-bond donors (Lipinski definition) is 1. The number of ketones is 1. The van der Waals surface area contributed by atoms with Gasteiger partial charge in [-0.25, -0.2) is 0 Å². The molecule has 6 nitrogen and oxygen atoms in total. The van der Waals surface area contributed by atoms with Crippen LogP contribution in [-0.2, 0) is 9.53 Å². The molecule has 1 N–H and O–H groups in total. The Morgan fingerprint density at radius 3 is 2.65 bits per heavy atom. The molecule has 1 unspecified atom stereocenters. The second kappa shape index (κ2) is 8.57. The minimum atomic E-state index is -0.742. The minimum Gasteiger partial charge on any atom is -0.503 e. The molecule has 0 saturated carbocycles. The van der Waals surface area contributed by atoms with Gasteiger partial charge in [0.15, 0.2) is 11.5 Å². The van der Waals surface area contributed by atoms with Gasteiger partial charge in [0, 0.05) is 17.0 Å². The van der Waals surface area contributed by atoms with E-state index in [2.05, 4.69) is 0 Å². The van der Waals surface area contributed by atoms with Crippen molar-refractivity contribution >= 4 is 34.3 Å². The number of carbonyl (C=O) groups excluding carboxylic acids is 2. The Morgan fingerprint density at radius 2 is 1.94 bits per heavy atom. The number of furan rings is 1. The van der Waals surface area contributed by atoms with E-state index in [-0.39, 0.29) is 30.6 Å². The Kier molecular flexibility index (Phi) is 5.85. The summed E-state index contributed by atoms with van der Waals surface area (Å²) in [6, 6.07) is 15.0. The van der Waals surface area contributed by atoms with Crippen LogP contribution in [0.3, 0.4) is 0 Å². The fourth-order valence-corrected chi connectivity index (χ4v) is 3.92. The average Bonchev–Trinajstić information content (AvgIpc) is 3.27. The lowest BCUT2D eigenvalue weighted by atomic mass is 9.95. The number of Topliss-reactive ketones (excluding diaryl/α,β-unsaturated/α-hetero) is 1. The van der Waals surface area contributed by atoms with Gasteiger partial charge < -0.3 is 19.2 Å². The summed E-state index contributed by atoms with van der Waals surface area (Å²) in [5, 5.41) is 11.9. The second-order valence-electron chi connectivity index (χ2n) is 7.62. The molecule has 0 aliphatic carbocycles. The highest BCUT2D eigenvalue weighted by Crippen LogP contribution is 2.39. The highest BCUT2D eigenvalue weighted by atomic mass is 35.5. The van der Waals surface area contributed by atoms with Gasteiger partial charge in [0.05, 0.1) is 24.3 Å². The van der Waals surface area contributed by atoms with Crippen molar-refractivity contribution in [2.75, 3.05) is 13.2 Å². The number of rotatable bonds is 7. The van der Waals surface area contributed by atoms with Gasteiger partial charge in [0.2, 0.25) is 5.78 Å². The van der Waals surface area contributed by atoms with Crippen molar-refractivity contribution in [3.8, 4) is 0 Å². The number of hydrogen-bond acceptors (Lipinski definition) is 5. The Morgan fingerprint density at radius 1 is 1.19 bits per heavy atom. The summed E-state index contributed by atoms with van der Waals surface area (Å²) in [6.07, 6.45) is -0.00193. The Labute approximate surface area is 184 Å². The van der Waals surface area contributed by atoms with E-state index in [0.29, 0.717) is 21.6 Å². The van der Waals surface area contributed by atoms with Crippen molar-refractivity contribution < 1.29 is 23.8 Å². The van der Waals surface area contributed by atoms with Crippen LogP contribution < -0.4 is 0 Å². The molecule has 2 heterocycles. The van der Waals surface area contributed by atoms with E-state index in [1.807, 2.05) is 44.2 Å². The zero-order chi connectivity index (χ0) is 22.1. The first-order chi connectivity index (χ1) is 14.9. The van der Waals surface area contributed by atoms with Gasteiger partial charge in [0.25, 0.3) is 5.91 Å². The van der Waals surface area contributed by atoms with Crippen LogP contribution in [0.25, 0.3) is 11.0 Å². The predicted octanol–water partition coefficient (Wildman–Crippen LogP) is 5.09. The van der Waals surface area contributed by atoms with Gasteiger partial charge in [-0.15, -0.1) is 0 Å². The predicted molar refractivity (Wildman–Crippen MR) is 117 cm³/mol. The molecule has 0 radical (unpaired) electrons. The maximum absolute atomic E-state index is 13.4. The molecule has 0 spiro atoms. The summed E-state index contributed by atoms with van der Waals surface area (Å²) in [4.78, 5) is 27.8. The number of aliphatic hydroxyl groups excluding tert-OH is 1. The summed E-state index contributed by atoms with van der Waals surface area (Å²) >= 11 is 6.03. The summed E-state index contributed by atoms with van der Waals surface area (Å²) in [5.41, 5.74) is 1.20. The van der Waals surface area contributed by atoms with Crippen LogP contribution in [0.4, 0.5) is 0 Å². The third kappa shape index (κ3) is 4.09. The number of benzene rings is 2. The van der Waals surface area contributed by atoms with E-state index in [0.717, 1.165) is 0 Å². The lowest BCUT2D eigenvalue weighted by molar-refractivity contribution is -0.130. The number of nitrogens with zero attached hydrogens (tertiary/aromatic N) is 1. The molecular weight excluding hydrogens is 418 g/mol. The minimum absolute atomic E-state index is 0.00193. The van der Waals surface area contributed by atoms with Gasteiger partial charge in [-0.05, 0) is 43.7 Å². The topological polar surface area (TPSA) is 80.0 Å². The Hall–Kier alpha value is -3.09. The molecular formula is C24H22ClNO5. The fraction of sp³-hybridized carbons (Fsp3) is 0.250. The van der Waals surface area contributed by atoms with Gasteiger partial charge in [-0.3, -0.25) is 9.59 Å². The molecule has 1 aromatic heterocycles. The maximum atomic E-state index is 13.4. The molecule has 2 aromatic carbocycles. The summed E-state index contributed by atoms with van der Waals surface area (Å²) in [6.45, 7) is 4.32. The molecule has 1 amide bonds. The van der Waals surface area contributed by atoms with E-state index < -0.39 is 23.5 Å². The van der Waals surface area contributed by atoms with Crippen molar-refractivity contribution in [3.63, 3.8) is 0 Å². The number of carbonyl (C=O) groups is 2. The van der Waals surface area contributed by atoms with Gasteiger partial charge in [-0.1, -0.05) is 41.9 Å². The first-order valence-corrected chi connectivity index (χ1v) is 10.4. The van der Waals surface area contributed by atoms with E-state index >= 15 is 0 Å². The molecule has 31 heavy (non-hydrogen) atoms. The van der Waals surface area contributed by atoms with E-state index in [4.69, 9.17) is 20.8 Å². The highest BCUT2D eigenvalue weighted by Gasteiger charge is 2.44. The molecule has 4 rings (SSSR count). The van der Waals surface area contributed by atoms with E-state index in [9.17, 15) is 14.7 Å². The summed E-state index contributed by atoms with van der Waals surface area (Å²) < 4.78 is 11.3. The smallest absolute Gasteiger partial charge is 0.290 e. The monoisotopic (exact) mass is 439 g/mol. The van der Waals surface area contributed by atoms with Crippen LogP contribution in [0.2, 0.25) is 5.02 Å². The standard InChI is InChI=1S/C24H22ClNO5/c1-14(2)30-11-10-26-21(15-6-4-3-5-7-15)20(23(28)24(26)29)22(27)19-13-16-12-17(25)8-9-18(16)31-19/h3-9,12-14,21,28H,10-11H2,1-2H3. The fourth-order valence-electron chi connectivity index (χ4n) is 3.74. The lowest BCUT2D eigenvalue weighted by Crippen LogP contribution is -2.34. The zero-order valence-corrected chi connectivity index (χ0v) is 17.9. The Balaban J connectivity index is 1.73. The molecule has 160 valence electrons. The molecule has 1 aliphatic heterocycles. The van der Waals surface area contributed by atoms with Crippen molar-refractivity contribution in [1.29, 1.82) is 0 Å². The summed E-state index contributed by atoms with van der Waals surface area (Å²) in [7, 11) is 0. The van der Waals surface area contributed by atoms with E-state index in [1.165, 1.54) is 4.90 Å². The second-order valence-corrected chi connectivity index (χ2v) is 8.05. The zero-order valence-electron chi connectivity index (χ0n) is 17.2. The van der Waals surface area contributed by atoms with Gasteiger partial charge in [-0.2, -0.15) is 0 Å². The number of halogens is 1. The maximum Gasteiger partial charge on any atom is 0.290 e. The molecule has 1 atom stereocenters. The van der Waals surface area contributed by atoms with Crippen LogP contribution in [0, 0.1) is 0 Å².